The Labute approximate surface area is 119 Å². The number of hydrogen-bond donors (Lipinski definition) is 0. The van der Waals surface area contributed by atoms with E-state index in [0.29, 0.717) is 0 Å². The Morgan fingerprint density at radius 3 is 1.82 bits per heavy atom. The van der Waals surface area contributed by atoms with Crippen LogP contribution in [0.1, 0.15) is 6.92 Å². The lowest BCUT2D eigenvalue weighted by Gasteiger charge is -2.32. The number of hydrogen-bond acceptors (Lipinski definition) is 3. The molecule has 0 aromatic heterocycles. The number of carbonyl (C=O) groups excluding carboxylic acids is 1. The molecule has 0 aliphatic rings. The third kappa shape index (κ3) is 3.73. The molecule has 1 atom stereocenters. The highest BCUT2D eigenvalue weighted by Crippen LogP contribution is 2.54. The first-order valence-electron chi connectivity index (χ1n) is 5.08. The van der Waals surface area contributed by atoms with Crippen LogP contribution in [0.5, 0.6) is 0 Å². The molecule has 130 valence electrons. The van der Waals surface area contributed by atoms with Crippen LogP contribution in [0.25, 0.3) is 0 Å². The zero-order valence-corrected chi connectivity index (χ0v) is 11.2. The SMILES string of the molecule is CCOC(=O)/C=C/[S@@](=O)C(F)(F)C(F)(F)C(F)(F)C(F)(F)F. The summed E-state index contributed by atoms with van der Waals surface area (Å²) in [7, 11) is -4.35. The van der Waals surface area contributed by atoms with Gasteiger partial charge in [-0.15, -0.1) is 0 Å². The molecule has 0 aliphatic heterocycles. The summed E-state index contributed by atoms with van der Waals surface area (Å²) in [6.45, 7) is 0.976. The molecular formula is C9H7F9O3S. The van der Waals surface area contributed by atoms with Crippen LogP contribution in [0.4, 0.5) is 39.5 Å². The highest BCUT2D eigenvalue weighted by molar-refractivity contribution is 7.89. The minimum Gasteiger partial charge on any atom is -0.463 e. The van der Waals surface area contributed by atoms with Crippen LogP contribution in [-0.2, 0) is 20.3 Å². The molecule has 0 aromatic rings. The Balaban J connectivity index is 5.54. The molecule has 0 aromatic carbocycles. The van der Waals surface area contributed by atoms with Gasteiger partial charge in [-0.2, -0.15) is 39.5 Å². The number of alkyl halides is 9. The van der Waals surface area contributed by atoms with E-state index in [9.17, 15) is 48.5 Å². The topological polar surface area (TPSA) is 43.4 Å². The molecule has 0 heterocycles. The summed E-state index contributed by atoms with van der Waals surface area (Å²) in [6, 6.07) is 0. The monoisotopic (exact) mass is 366 g/mol. The second-order valence-corrected chi connectivity index (χ2v) is 4.90. The lowest BCUT2D eigenvalue weighted by Crippen LogP contribution is -2.61. The molecular weight excluding hydrogens is 359 g/mol. The van der Waals surface area contributed by atoms with Crippen LogP contribution in [0, 0.1) is 0 Å². The van der Waals surface area contributed by atoms with Gasteiger partial charge in [-0.1, -0.05) is 0 Å². The molecule has 0 spiro atoms. The standard InChI is InChI=1S/C9H7F9O3S/c1-2-21-5(19)3-4-22(20)9(17,18)7(12,13)6(10,11)8(14,15)16/h3-4H,2H2,1H3/b4-3+/t22-/m1/s1. The summed E-state index contributed by atoms with van der Waals surface area (Å²) in [5, 5.41) is -6.76. The smallest absolute Gasteiger partial charge is 0.460 e. The molecule has 0 rings (SSSR count). The maximum Gasteiger partial charge on any atom is 0.460 e. The van der Waals surface area contributed by atoms with E-state index in [1.165, 1.54) is 6.92 Å². The van der Waals surface area contributed by atoms with Crippen molar-refractivity contribution in [2.75, 3.05) is 6.61 Å². The first-order chi connectivity index (χ1) is 9.63. The summed E-state index contributed by atoms with van der Waals surface area (Å²) in [6.07, 6.45) is -7.07. The van der Waals surface area contributed by atoms with Crippen molar-refractivity contribution in [3.05, 3.63) is 11.5 Å². The van der Waals surface area contributed by atoms with Crippen molar-refractivity contribution in [3.63, 3.8) is 0 Å². The van der Waals surface area contributed by atoms with Gasteiger partial charge >= 0.3 is 29.2 Å². The fourth-order valence-corrected chi connectivity index (χ4v) is 1.67. The third-order valence-corrected chi connectivity index (χ3v) is 3.13. The predicted octanol–water partition coefficient (Wildman–Crippen LogP) is 3.24. The average Bonchev–Trinajstić information content (AvgIpc) is 2.34. The van der Waals surface area contributed by atoms with E-state index in [1.54, 1.807) is 0 Å². The predicted molar refractivity (Wildman–Crippen MR) is 54.8 cm³/mol. The van der Waals surface area contributed by atoms with E-state index in [4.69, 9.17) is 0 Å². The van der Waals surface area contributed by atoms with Crippen molar-refractivity contribution in [2.24, 2.45) is 0 Å². The van der Waals surface area contributed by atoms with Crippen molar-refractivity contribution in [1.29, 1.82) is 0 Å². The minimum atomic E-state index is -7.14. The number of ether oxygens (including phenoxy) is 1. The zero-order chi connectivity index (χ0) is 18.0. The van der Waals surface area contributed by atoms with Crippen LogP contribution >= 0.6 is 0 Å². The largest absolute Gasteiger partial charge is 0.463 e. The third-order valence-electron chi connectivity index (χ3n) is 1.98. The second kappa shape index (κ2) is 6.46. The molecule has 3 nitrogen and oxygen atoms in total. The number of halogens is 9. The van der Waals surface area contributed by atoms with Crippen molar-refractivity contribution in [1.82, 2.24) is 0 Å². The molecule has 0 unspecified atom stereocenters. The molecule has 22 heavy (non-hydrogen) atoms. The van der Waals surface area contributed by atoms with Gasteiger partial charge in [-0.05, 0) is 6.92 Å². The molecule has 13 heteroatoms. The van der Waals surface area contributed by atoms with E-state index in [1.807, 2.05) is 0 Å². The number of carbonyl (C=O) groups is 1. The van der Waals surface area contributed by atoms with Gasteiger partial charge in [0.25, 0.3) is 0 Å². The molecule has 0 radical (unpaired) electrons. The summed E-state index contributed by atoms with van der Waals surface area (Å²) >= 11 is 0. The molecule has 0 fully saturated rings. The lowest BCUT2D eigenvalue weighted by atomic mass is 10.1. The molecule has 0 bridgehead atoms. The first kappa shape index (κ1) is 20.7. The Morgan fingerprint density at radius 2 is 1.45 bits per heavy atom. The van der Waals surface area contributed by atoms with E-state index >= 15 is 0 Å². The molecule has 0 N–H and O–H groups in total. The maximum atomic E-state index is 13.0. The number of esters is 1. The van der Waals surface area contributed by atoms with Gasteiger partial charge in [0.2, 0.25) is 0 Å². The maximum absolute atomic E-state index is 13.0. The highest BCUT2D eigenvalue weighted by Gasteiger charge is 2.83. The quantitative estimate of drug-likeness (QED) is 0.412. The Morgan fingerprint density at radius 1 is 1.00 bits per heavy atom. The Hall–Kier alpha value is -1.27. The molecule has 0 saturated heterocycles. The van der Waals surface area contributed by atoms with Gasteiger partial charge in [0, 0.05) is 11.5 Å². The van der Waals surface area contributed by atoms with Gasteiger partial charge in [-0.25, -0.2) is 9.00 Å². The second-order valence-electron chi connectivity index (χ2n) is 3.52. The van der Waals surface area contributed by atoms with Gasteiger partial charge < -0.3 is 4.74 Å². The molecule has 0 saturated carbocycles. The zero-order valence-electron chi connectivity index (χ0n) is 10.4. The van der Waals surface area contributed by atoms with Gasteiger partial charge in [0.05, 0.1) is 6.61 Å². The summed E-state index contributed by atoms with van der Waals surface area (Å²) in [5.74, 6) is -15.6. The molecule has 0 amide bonds. The average molecular weight is 366 g/mol. The Kier molecular flexibility index (Phi) is 6.09. The van der Waals surface area contributed by atoms with Crippen LogP contribution in [0.2, 0.25) is 0 Å². The van der Waals surface area contributed by atoms with Crippen molar-refractivity contribution in [2.45, 2.75) is 30.2 Å². The fourth-order valence-electron chi connectivity index (χ4n) is 0.880. The van der Waals surface area contributed by atoms with Crippen LogP contribution < -0.4 is 0 Å². The van der Waals surface area contributed by atoms with Crippen LogP contribution in [0.15, 0.2) is 11.5 Å². The van der Waals surface area contributed by atoms with E-state index < -0.39 is 45.5 Å². The van der Waals surface area contributed by atoms with Crippen molar-refractivity contribution in [3.8, 4) is 0 Å². The van der Waals surface area contributed by atoms with Crippen LogP contribution in [0.3, 0.4) is 0 Å². The van der Waals surface area contributed by atoms with E-state index in [-0.39, 0.29) is 12.7 Å². The van der Waals surface area contributed by atoms with Gasteiger partial charge in [0.1, 0.15) is 10.8 Å². The lowest BCUT2D eigenvalue weighted by molar-refractivity contribution is -0.381. The summed E-state index contributed by atoms with van der Waals surface area (Å²) in [5.41, 5.74) is 0. The normalized spacial score (nSPS) is 15.9. The highest BCUT2D eigenvalue weighted by atomic mass is 32.2. The van der Waals surface area contributed by atoms with Gasteiger partial charge in [0.15, 0.2) is 0 Å². The summed E-state index contributed by atoms with van der Waals surface area (Å²) in [4.78, 5) is 10.7. The summed E-state index contributed by atoms with van der Waals surface area (Å²) < 4.78 is 127. The fraction of sp³-hybridized carbons (Fsp3) is 0.667. The van der Waals surface area contributed by atoms with Gasteiger partial charge in [-0.3, -0.25) is 0 Å². The molecule has 0 aliphatic carbocycles. The number of rotatable bonds is 6. The Bertz CT molecular complexity index is 469. The first-order valence-corrected chi connectivity index (χ1v) is 6.30. The van der Waals surface area contributed by atoms with E-state index in [2.05, 4.69) is 4.74 Å². The van der Waals surface area contributed by atoms with Crippen molar-refractivity contribution >= 4 is 16.8 Å². The van der Waals surface area contributed by atoms with Crippen LogP contribution in [-0.4, -0.2) is 40.1 Å². The minimum absolute atomic E-state index is 0.0602. The van der Waals surface area contributed by atoms with Crippen molar-refractivity contribution < 1.29 is 53.3 Å². The van der Waals surface area contributed by atoms with E-state index in [0.717, 1.165) is 0 Å².